The van der Waals surface area contributed by atoms with E-state index < -0.39 is 10.8 Å². The van der Waals surface area contributed by atoms with Crippen LogP contribution in [-0.2, 0) is 10.8 Å². The van der Waals surface area contributed by atoms with Crippen LogP contribution in [0, 0.1) is 0 Å². The van der Waals surface area contributed by atoms with Crippen molar-refractivity contribution < 1.29 is 4.21 Å². The van der Waals surface area contributed by atoms with Gasteiger partial charge in [-0.15, -0.1) is 0 Å². The van der Waals surface area contributed by atoms with E-state index in [2.05, 4.69) is 65.6 Å². The van der Waals surface area contributed by atoms with Crippen LogP contribution in [-0.4, -0.2) is 15.4 Å². The Kier molecular flexibility index (Phi) is 6.15. The minimum atomic E-state index is -1.00. The first kappa shape index (κ1) is 21.3. The van der Waals surface area contributed by atoms with Gasteiger partial charge in [-0.1, -0.05) is 90.2 Å². The summed E-state index contributed by atoms with van der Waals surface area (Å²) in [5.41, 5.74) is 5.17. The van der Waals surface area contributed by atoms with Gasteiger partial charge in [0.25, 0.3) is 0 Å². The topological polar surface area (TPSA) is 33.2 Å². The molecule has 1 atom stereocenters. The molecule has 5 heteroatoms. The molecule has 0 aliphatic rings. The molecule has 3 nitrogen and oxygen atoms in total. The van der Waals surface area contributed by atoms with Crippen LogP contribution in [0.1, 0.15) is 0 Å². The zero-order valence-corrected chi connectivity index (χ0v) is 19.7. The van der Waals surface area contributed by atoms with E-state index in [1.165, 1.54) is 0 Å². The van der Waals surface area contributed by atoms with Gasteiger partial charge in [0, 0.05) is 44.5 Å². The summed E-state index contributed by atoms with van der Waals surface area (Å²) in [7, 11) is -1.00. The first-order chi connectivity index (χ1) is 16.2. The number of para-hydroxylation sites is 2. The van der Waals surface area contributed by atoms with Crippen molar-refractivity contribution in [1.82, 2.24) is 4.98 Å². The Morgan fingerprint density at radius 3 is 1.70 bits per heavy atom. The van der Waals surface area contributed by atoms with E-state index in [4.69, 9.17) is 4.98 Å². The Bertz CT molecular complexity index is 1330. The zero-order valence-electron chi connectivity index (χ0n) is 18.1. The van der Waals surface area contributed by atoms with E-state index in [0.717, 1.165) is 43.1 Å². The Balaban J connectivity index is 1.71. The standard InChI is InChI=1S/C28H22N2OS2/c1-33(31)25-19-17-22(18-20-25)27-29-26(21-11-5-2-6-12-21)28(32-27)30(23-13-7-3-8-14-23)24-15-9-4-10-16-24/h2-20H,1H3. The van der Waals surface area contributed by atoms with Gasteiger partial charge >= 0.3 is 0 Å². The zero-order chi connectivity index (χ0) is 22.6. The first-order valence-corrected chi connectivity index (χ1v) is 13.0. The molecule has 0 saturated carbocycles. The maximum Gasteiger partial charge on any atom is 0.129 e. The lowest BCUT2D eigenvalue weighted by Crippen LogP contribution is -2.09. The molecular weight excluding hydrogens is 444 g/mol. The molecule has 4 aromatic carbocycles. The van der Waals surface area contributed by atoms with Crippen molar-refractivity contribution in [3.05, 3.63) is 115 Å². The van der Waals surface area contributed by atoms with Crippen molar-refractivity contribution in [1.29, 1.82) is 0 Å². The molecule has 33 heavy (non-hydrogen) atoms. The van der Waals surface area contributed by atoms with Gasteiger partial charge in [-0.3, -0.25) is 4.21 Å². The summed E-state index contributed by atoms with van der Waals surface area (Å²) in [4.78, 5) is 8.17. The largest absolute Gasteiger partial charge is 0.300 e. The number of hydrogen-bond donors (Lipinski definition) is 0. The molecule has 0 N–H and O–H groups in total. The van der Waals surface area contributed by atoms with Gasteiger partial charge in [0.05, 0.1) is 0 Å². The third kappa shape index (κ3) is 4.51. The highest BCUT2D eigenvalue weighted by Crippen LogP contribution is 2.46. The molecule has 5 rings (SSSR count). The van der Waals surface area contributed by atoms with E-state index in [0.29, 0.717) is 0 Å². The van der Waals surface area contributed by atoms with Crippen LogP contribution in [0.5, 0.6) is 0 Å². The van der Waals surface area contributed by atoms with Gasteiger partial charge in [-0.2, -0.15) is 0 Å². The summed E-state index contributed by atoms with van der Waals surface area (Å²) in [5.74, 6) is 0. The Hall–Kier alpha value is -3.54. The molecule has 0 fully saturated rings. The molecule has 1 aromatic heterocycles. The number of anilines is 3. The Morgan fingerprint density at radius 2 is 1.18 bits per heavy atom. The third-order valence-electron chi connectivity index (χ3n) is 5.32. The summed E-state index contributed by atoms with van der Waals surface area (Å²) >= 11 is 1.66. The second-order valence-corrected chi connectivity index (χ2v) is 9.88. The number of aromatic nitrogens is 1. The van der Waals surface area contributed by atoms with E-state index in [1.54, 1.807) is 17.6 Å². The maximum absolute atomic E-state index is 11.8. The van der Waals surface area contributed by atoms with E-state index in [1.807, 2.05) is 54.6 Å². The molecule has 0 aliphatic carbocycles. The summed E-state index contributed by atoms with van der Waals surface area (Å²) in [6, 6.07) is 38.9. The van der Waals surface area contributed by atoms with Crippen LogP contribution in [0.25, 0.3) is 21.8 Å². The van der Waals surface area contributed by atoms with Gasteiger partial charge in [0.2, 0.25) is 0 Å². The summed E-state index contributed by atoms with van der Waals surface area (Å²) < 4.78 is 11.8. The fourth-order valence-electron chi connectivity index (χ4n) is 3.70. The molecule has 5 aromatic rings. The van der Waals surface area contributed by atoms with E-state index in [9.17, 15) is 4.21 Å². The van der Waals surface area contributed by atoms with Gasteiger partial charge < -0.3 is 4.90 Å². The van der Waals surface area contributed by atoms with Crippen molar-refractivity contribution in [2.75, 3.05) is 11.2 Å². The van der Waals surface area contributed by atoms with Crippen molar-refractivity contribution in [2.45, 2.75) is 4.90 Å². The predicted molar refractivity (Wildman–Crippen MR) is 140 cm³/mol. The van der Waals surface area contributed by atoms with Crippen LogP contribution in [0.15, 0.2) is 120 Å². The van der Waals surface area contributed by atoms with Gasteiger partial charge in [0.1, 0.15) is 15.7 Å². The highest BCUT2D eigenvalue weighted by Gasteiger charge is 2.22. The van der Waals surface area contributed by atoms with E-state index in [-0.39, 0.29) is 0 Å². The average Bonchev–Trinajstić information content (AvgIpc) is 3.31. The Morgan fingerprint density at radius 1 is 0.667 bits per heavy atom. The lowest BCUT2D eigenvalue weighted by atomic mass is 10.1. The molecular formula is C28H22N2OS2. The molecule has 0 spiro atoms. The number of rotatable bonds is 6. The van der Waals surface area contributed by atoms with Crippen molar-refractivity contribution in [3.8, 4) is 21.8 Å². The van der Waals surface area contributed by atoms with Crippen LogP contribution >= 0.6 is 11.3 Å². The minimum Gasteiger partial charge on any atom is -0.300 e. The monoisotopic (exact) mass is 466 g/mol. The van der Waals surface area contributed by atoms with Gasteiger partial charge in [-0.05, 0) is 36.4 Å². The number of nitrogens with zero attached hydrogens (tertiary/aromatic N) is 2. The SMILES string of the molecule is CS(=O)c1ccc(-c2nc(-c3ccccc3)c(N(c3ccccc3)c3ccccc3)s2)cc1. The van der Waals surface area contributed by atoms with Gasteiger partial charge in [0.15, 0.2) is 0 Å². The van der Waals surface area contributed by atoms with Crippen LogP contribution in [0.2, 0.25) is 0 Å². The maximum atomic E-state index is 11.8. The third-order valence-corrected chi connectivity index (χ3v) is 7.35. The second kappa shape index (κ2) is 9.53. The lowest BCUT2D eigenvalue weighted by molar-refractivity contribution is 0.687. The first-order valence-electron chi connectivity index (χ1n) is 10.6. The lowest BCUT2D eigenvalue weighted by Gasteiger charge is -2.24. The molecule has 0 radical (unpaired) electrons. The van der Waals surface area contributed by atoms with Crippen molar-refractivity contribution in [3.63, 3.8) is 0 Å². The predicted octanol–water partition coefficient (Wildman–Crippen LogP) is 7.68. The Labute approximate surface area is 200 Å². The second-order valence-electron chi connectivity index (χ2n) is 7.52. The quantitative estimate of drug-likeness (QED) is 0.257. The number of hydrogen-bond acceptors (Lipinski definition) is 4. The summed E-state index contributed by atoms with van der Waals surface area (Å²) in [5, 5.41) is 1.98. The smallest absolute Gasteiger partial charge is 0.129 e. The molecule has 0 saturated heterocycles. The minimum absolute atomic E-state index is 0.814. The van der Waals surface area contributed by atoms with Gasteiger partial charge in [-0.25, -0.2) is 4.98 Å². The van der Waals surface area contributed by atoms with Crippen molar-refractivity contribution in [2.24, 2.45) is 0 Å². The van der Waals surface area contributed by atoms with Crippen LogP contribution in [0.4, 0.5) is 16.4 Å². The highest BCUT2D eigenvalue weighted by molar-refractivity contribution is 7.84. The molecule has 0 aliphatic heterocycles. The fourth-order valence-corrected chi connectivity index (χ4v) is 5.35. The molecule has 1 unspecified atom stereocenters. The van der Waals surface area contributed by atoms with E-state index >= 15 is 0 Å². The summed E-state index contributed by atoms with van der Waals surface area (Å²) in [6.07, 6.45) is 1.70. The van der Waals surface area contributed by atoms with Crippen LogP contribution in [0.3, 0.4) is 0 Å². The highest BCUT2D eigenvalue weighted by atomic mass is 32.2. The molecule has 0 bridgehead atoms. The number of thiazole rings is 1. The van der Waals surface area contributed by atoms with Crippen LogP contribution < -0.4 is 4.90 Å². The normalized spacial score (nSPS) is 11.8. The molecule has 162 valence electrons. The van der Waals surface area contributed by atoms with Crippen molar-refractivity contribution >= 4 is 38.5 Å². The molecule has 1 heterocycles. The summed E-state index contributed by atoms with van der Waals surface area (Å²) in [6.45, 7) is 0. The fraction of sp³-hybridized carbons (Fsp3) is 0.0357. The number of benzene rings is 4. The molecule has 0 amide bonds. The average molecular weight is 467 g/mol.